The lowest BCUT2D eigenvalue weighted by Crippen LogP contribution is -2.06. The van der Waals surface area contributed by atoms with Crippen molar-refractivity contribution in [2.75, 3.05) is 12.8 Å². The molecule has 0 fully saturated rings. The molecule has 0 aliphatic carbocycles. The van der Waals surface area contributed by atoms with E-state index in [1.165, 1.54) is 6.07 Å². The molecule has 0 unspecified atom stereocenters. The number of aliphatic hydroxyl groups excluding tert-OH is 1. The number of halogens is 2. The molecule has 6 nitrogen and oxygen atoms in total. The maximum absolute atomic E-state index is 14.0. The summed E-state index contributed by atoms with van der Waals surface area (Å²) < 4.78 is 15.7. The Bertz CT molecular complexity index is 1030. The van der Waals surface area contributed by atoms with E-state index >= 15 is 0 Å². The van der Waals surface area contributed by atoms with Crippen LogP contribution in [0.3, 0.4) is 0 Å². The molecule has 3 N–H and O–H groups in total. The Balaban J connectivity index is 0.00000138. The van der Waals surface area contributed by atoms with Crippen LogP contribution >= 0.6 is 11.6 Å². The normalized spacial score (nSPS) is 9.13. The number of nitrogens with zero attached hydrogens (tertiary/aromatic N) is 3. The third-order valence-electron chi connectivity index (χ3n) is 4.13. The number of aromatic nitrogens is 2. The summed E-state index contributed by atoms with van der Waals surface area (Å²) in [5.41, 5.74) is 10.3. The lowest BCUT2D eigenvalue weighted by molar-refractivity contribution is -0.0979. The highest BCUT2D eigenvalue weighted by atomic mass is 35.5. The Kier molecular flexibility index (Phi) is 12.5. The molecular formula is C23H28ClFN4O2. The molecule has 1 aromatic heterocycles. The van der Waals surface area contributed by atoms with Gasteiger partial charge in [-0.05, 0) is 37.6 Å². The molecule has 0 amide bonds. The van der Waals surface area contributed by atoms with Gasteiger partial charge in [-0.2, -0.15) is 10.4 Å². The van der Waals surface area contributed by atoms with Crippen LogP contribution in [0.25, 0.3) is 11.1 Å². The number of nitriles is 1. The average Bonchev–Trinajstić information content (AvgIpc) is 3.07. The van der Waals surface area contributed by atoms with Crippen LogP contribution in [0, 0.1) is 31.0 Å². The number of carbonyl (C=O) groups is 1. The summed E-state index contributed by atoms with van der Waals surface area (Å²) in [5, 5.41) is 20.7. The zero-order valence-corrected chi connectivity index (χ0v) is 19.2. The van der Waals surface area contributed by atoms with Crippen LogP contribution in [0.2, 0.25) is 5.02 Å². The van der Waals surface area contributed by atoms with Crippen LogP contribution in [-0.4, -0.2) is 28.8 Å². The molecule has 0 saturated carbocycles. The zero-order valence-electron chi connectivity index (χ0n) is 18.4. The first kappa shape index (κ1) is 27.8. The average molecular weight is 447 g/mol. The monoisotopic (exact) mass is 446 g/mol. The second-order valence-electron chi connectivity index (χ2n) is 5.90. The summed E-state index contributed by atoms with van der Waals surface area (Å²) >= 11 is 6.12. The summed E-state index contributed by atoms with van der Waals surface area (Å²) in [6.45, 7) is 10.1. The minimum absolute atomic E-state index is 0.276. The zero-order chi connectivity index (χ0) is 24.1. The van der Waals surface area contributed by atoms with E-state index in [0.717, 1.165) is 29.5 Å². The molecule has 31 heavy (non-hydrogen) atoms. The van der Waals surface area contributed by atoms with Crippen LogP contribution in [0.5, 0.6) is 0 Å². The number of nitrogen functional groups attached to an aromatic ring is 1. The van der Waals surface area contributed by atoms with Gasteiger partial charge >= 0.3 is 0 Å². The van der Waals surface area contributed by atoms with Gasteiger partial charge in [0, 0.05) is 23.9 Å². The molecule has 0 spiro atoms. The quantitative estimate of drug-likeness (QED) is 0.594. The Hall–Kier alpha value is -3.21. The highest BCUT2D eigenvalue weighted by Crippen LogP contribution is 2.32. The lowest BCUT2D eigenvalue weighted by Gasteiger charge is -2.08. The van der Waals surface area contributed by atoms with Crippen molar-refractivity contribution in [2.24, 2.45) is 0 Å². The van der Waals surface area contributed by atoms with E-state index in [2.05, 4.69) is 5.10 Å². The van der Waals surface area contributed by atoms with Crippen LogP contribution in [0.15, 0.2) is 36.4 Å². The molecule has 1 heterocycles. The van der Waals surface area contributed by atoms with Gasteiger partial charge in [-0.25, -0.2) is 4.39 Å². The number of nitrogens with two attached hydrogens (primary N) is 1. The van der Waals surface area contributed by atoms with Gasteiger partial charge in [-0.3, -0.25) is 4.68 Å². The van der Waals surface area contributed by atoms with E-state index in [1.54, 1.807) is 35.0 Å². The second-order valence-corrected chi connectivity index (χ2v) is 6.31. The Morgan fingerprint density at radius 1 is 1.19 bits per heavy atom. The van der Waals surface area contributed by atoms with Crippen molar-refractivity contribution < 1.29 is 14.3 Å². The molecule has 166 valence electrons. The molecule has 0 bridgehead atoms. The van der Waals surface area contributed by atoms with Crippen molar-refractivity contribution in [2.45, 2.75) is 34.2 Å². The lowest BCUT2D eigenvalue weighted by atomic mass is 10.0. The highest BCUT2D eigenvalue weighted by Gasteiger charge is 2.16. The second kappa shape index (κ2) is 13.9. The number of rotatable bonds is 3. The summed E-state index contributed by atoms with van der Waals surface area (Å²) in [6, 6.07) is 12.1. The molecule has 0 aliphatic heterocycles. The fourth-order valence-electron chi connectivity index (χ4n) is 2.83. The number of hydrogen-bond donors (Lipinski definition) is 2. The van der Waals surface area contributed by atoms with E-state index in [-0.39, 0.29) is 12.4 Å². The van der Waals surface area contributed by atoms with Gasteiger partial charge in [0.1, 0.15) is 18.7 Å². The molecule has 0 saturated heterocycles. The number of anilines is 1. The van der Waals surface area contributed by atoms with Crippen LogP contribution in [-0.2, 0) is 11.3 Å². The standard InChI is InChI=1S/C19H16ClFN4.C2H6.CH4O.CH2O/c1-11-3-6-17(21)15(7-11)10-25-12(2)18(19(23)24-25)13-4-5-14(9-22)16(20)8-13;3*1-2/h3-8H,10H2,1-2H3,(H2,23,24);1-2H3;2H,1H3;1H2. The summed E-state index contributed by atoms with van der Waals surface area (Å²) in [6.07, 6.45) is 0. The van der Waals surface area contributed by atoms with E-state index in [1.807, 2.05) is 40.6 Å². The molecule has 0 atom stereocenters. The highest BCUT2D eigenvalue weighted by molar-refractivity contribution is 6.32. The minimum Gasteiger partial charge on any atom is -0.400 e. The van der Waals surface area contributed by atoms with Gasteiger partial charge in [0.25, 0.3) is 0 Å². The fraction of sp³-hybridized carbons (Fsp3) is 0.261. The van der Waals surface area contributed by atoms with Gasteiger partial charge in [0.2, 0.25) is 0 Å². The van der Waals surface area contributed by atoms with Crippen molar-refractivity contribution in [1.82, 2.24) is 9.78 Å². The largest absolute Gasteiger partial charge is 0.400 e. The molecule has 0 radical (unpaired) electrons. The molecule has 3 rings (SSSR count). The van der Waals surface area contributed by atoms with E-state index in [9.17, 15) is 4.39 Å². The SMILES string of the molecule is C=O.CC.CO.Cc1ccc(F)c(Cn2nc(N)c(-c3ccc(C#N)c(Cl)c3)c2C)c1. The van der Waals surface area contributed by atoms with Crippen LogP contribution in [0.1, 0.15) is 36.2 Å². The van der Waals surface area contributed by atoms with Gasteiger partial charge in [0.15, 0.2) is 5.82 Å². The van der Waals surface area contributed by atoms with Gasteiger partial charge in [0.05, 0.1) is 17.1 Å². The molecule has 3 aromatic rings. The smallest absolute Gasteiger partial charge is 0.153 e. The third-order valence-corrected chi connectivity index (χ3v) is 4.45. The molecule has 2 aromatic carbocycles. The molecule has 0 aliphatic rings. The van der Waals surface area contributed by atoms with E-state index < -0.39 is 0 Å². The Labute approximate surface area is 187 Å². The van der Waals surface area contributed by atoms with E-state index in [0.29, 0.717) is 22.0 Å². The molecular weight excluding hydrogens is 419 g/mol. The predicted molar refractivity (Wildman–Crippen MR) is 123 cm³/mol. The van der Waals surface area contributed by atoms with Gasteiger partial charge in [-0.15, -0.1) is 0 Å². The maximum atomic E-state index is 14.0. The predicted octanol–water partition coefficient (Wildman–Crippen LogP) is 4.91. The van der Waals surface area contributed by atoms with Crippen molar-refractivity contribution in [3.8, 4) is 17.2 Å². The van der Waals surface area contributed by atoms with Crippen molar-refractivity contribution in [3.63, 3.8) is 0 Å². The van der Waals surface area contributed by atoms with Crippen molar-refractivity contribution >= 4 is 24.2 Å². The maximum Gasteiger partial charge on any atom is 0.153 e. The van der Waals surface area contributed by atoms with Gasteiger partial charge in [-0.1, -0.05) is 49.2 Å². The number of aryl methyl sites for hydroxylation is 1. The first-order valence-electron chi connectivity index (χ1n) is 9.42. The topological polar surface area (TPSA) is 105 Å². The number of benzene rings is 2. The summed E-state index contributed by atoms with van der Waals surface area (Å²) in [5.74, 6) is 0.0633. The summed E-state index contributed by atoms with van der Waals surface area (Å²) in [4.78, 5) is 8.00. The van der Waals surface area contributed by atoms with Gasteiger partial charge < -0.3 is 15.6 Å². The first-order valence-corrected chi connectivity index (χ1v) is 9.80. The van der Waals surface area contributed by atoms with E-state index in [4.69, 9.17) is 32.5 Å². The Morgan fingerprint density at radius 3 is 2.35 bits per heavy atom. The number of carbonyl (C=O) groups excluding carboxylic acids is 1. The van der Waals surface area contributed by atoms with Crippen molar-refractivity contribution in [3.05, 3.63) is 69.6 Å². The Morgan fingerprint density at radius 2 is 1.81 bits per heavy atom. The third kappa shape index (κ3) is 6.92. The van der Waals surface area contributed by atoms with Crippen LogP contribution < -0.4 is 5.73 Å². The fourth-order valence-corrected chi connectivity index (χ4v) is 3.05. The molecule has 8 heteroatoms. The number of hydrogen-bond acceptors (Lipinski definition) is 5. The first-order chi connectivity index (χ1) is 14.9. The number of aliphatic hydroxyl groups is 1. The van der Waals surface area contributed by atoms with Crippen LogP contribution in [0.4, 0.5) is 10.2 Å². The van der Waals surface area contributed by atoms with Crippen molar-refractivity contribution in [1.29, 1.82) is 5.26 Å². The minimum atomic E-state index is -0.276. The summed E-state index contributed by atoms with van der Waals surface area (Å²) in [7, 11) is 1.00.